The Hall–Kier alpha value is -0.0900. The highest BCUT2D eigenvalue weighted by molar-refractivity contribution is 14.1. The molecule has 0 heterocycles. The summed E-state index contributed by atoms with van der Waals surface area (Å²) in [7, 11) is 0. The number of hydrogen-bond acceptors (Lipinski definition) is 1. The van der Waals surface area contributed by atoms with E-state index in [9.17, 15) is 0 Å². The molecule has 0 bridgehead atoms. The van der Waals surface area contributed by atoms with Gasteiger partial charge in [0.15, 0.2) is 0 Å². The quantitative estimate of drug-likeness (QED) is 0.843. The summed E-state index contributed by atoms with van der Waals surface area (Å²) in [6.45, 7) is 4.42. The zero-order valence-electron chi connectivity index (χ0n) is 8.83. The molecule has 0 aliphatic rings. The molecule has 0 spiro atoms. The van der Waals surface area contributed by atoms with Crippen molar-refractivity contribution in [1.29, 1.82) is 0 Å². The highest BCUT2D eigenvalue weighted by Crippen LogP contribution is 2.25. The third kappa shape index (κ3) is 2.95. The molecule has 0 radical (unpaired) electrons. The van der Waals surface area contributed by atoms with E-state index < -0.39 is 0 Å². The van der Waals surface area contributed by atoms with Crippen molar-refractivity contribution >= 4 is 22.6 Å². The van der Waals surface area contributed by atoms with Crippen LogP contribution >= 0.6 is 22.6 Å². The summed E-state index contributed by atoms with van der Waals surface area (Å²) >= 11 is 2.32. The maximum absolute atomic E-state index is 6.21. The molecular formula is C12H18IN. The SMILES string of the molecule is CCC(CC)C(N)c1ccc(I)cc1. The highest BCUT2D eigenvalue weighted by atomic mass is 127. The van der Waals surface area contributed by atoms with Gasteiger partial charge in [-0.25, -0.2) is 0 Å². The van der Waals surface area contributed by atoms with E-state index >= 15 is 0 Å². The minimum atomic E-state index is 0.196. The van der Waals surface area contributed by atoms with Crippen LogP contribution in [-0.2, 0) is 0 Å². The second-order valence-electron chi connectivity index (χ2n) is 3.65. The third-order valence-corrected chi connectivity index (χ3v) is 3.53. The molecule has 2 N–H and O–H groups in total. The number of hydrogen-bond donors (Lipinski definition) is 1. The van der Waals surface area contributed by atoms with E-state index in [4.69, 9.17) is 5.73 Å². The standard InChI is InChI=1S/C12H18IN/c1-3-9(4-2)12(14)10-5-7-11(13)8-6-10/h5-9,12H,3-4,14H2,1-2H3. The van der Waals surface area contributed by atoms with Crippen molar-refractivity contribution in [2.24, 2.45) is 11.7 Å². The topological polar surface area (TPSA) is 26.0 Å². The van der Waals surface area contributed by atoms with Crippen molar-refractivity contribution in [2.75, 3.05) is 0 Å². The molecule has 1 atom stereocenters. The first-order valence-corrected chi connectivity index (χ1v) is 6.28. The summed E-state index contributed by atoms with van der Waals surface area (Å²) in [6, 6.07) is 8.73. The number of rotatable bonds is 4. The molecule has 1 rings (SSSR count). The maximum Gasteiger partial charge on any atom is 0.0323 e. The van der Waals surface area contributed by atoms with Gasteiger partial charge < -0.3 is 5.73 Å². The second-order valence-corrected chi connectivity index (χ2v) is 4.90. The van der Waals surface area contributed by atoms with Crippen LogP contribution in [0.15, 0.2) is 24.3 Å². The van der Waals surface area contributed by atoms with Crippen LogP contribution in [0.25, 0.3) is 0 Å². The van der Waals surface area contributed by atoms with E-state index in [0.717, 1.165) is 12.8 Å². The van der Waals surface area contributed by atoms with Gasteiger partial charge in [0.2, 0.25) is 0 Å². The zero-order valence-corrected chi connectivity index (χ0v) is 11.0. The summed E-state index contributed by atoms with van der Waals surface area (Å²) in [5.41, 5.74) is 7.47. The lowest BCUT2D eigenvalue weighted by atomic mass is 9.90. The van der Waals surface area contributed by atoms with Gasteiger partial charge in [0.1, 0.15) is 0 Å². The molecular weight excluding hydrogens is 285 g/mol. The van der Waals surface area contributed by atoms with Crippen molar-refractivity contribution < 1.29 is 0 Å². The van der Waals surface area contributed by atoms with Crippen LogP contribution in [0.4, 0.5) is 0 Å². The summed E-state index contributed by atoms with van der Waals surface area (Å²) < 4.78 is 1.27. The van der Waals surface area contributed by atoms with Crippen LogP contribution in [0.5, 0.6) is 0 Å². The molecule has 0 aromatic heterocycles. The monoisotopic (exact) mass is 303 g/mol. The largest absolute Gasteiger partial charge is 0.324 e. The van der Waals surface area contributed by atoms with Crippen LogP contribution in [0.1, 0.15) is 38.3 Å². The van der Waals surface area contributed by atoms with Gasteiger partial charge in [-0.15, -0.1) is 0 Å². The summed E-state index contributed by atoms with van der Waals surface area (Å²) in [5.74, 6) is 0.607. The Morgan fingerprint density at radius 1 is 1.14 bits per heavy atom. The molecule has 0 saturated heterocycles. The molecule has 0 amide bonds. The lowest BCUT2D eigenvalue weighted by Gasteiger charge is -2.21. The van der Waals surface area contributed by atoms with Crippen LogP contribution in [0, 0.1) is 9.49 Å². The minimum absolute atomic E-state index is 0.196. The van der Waals surface area contributed by atoms with Crippen molar-refractivity contribution in [3.05, 3.63) is 33.4 Å². The molecule has 0 fully saturated rings. The number of halogens is 1. The van der Waals surface area contributed by atoms with E-state index in [-0.39, 0.29) is 6.04 Å². The van der Waals surface area contributed by atoms with Gasteiger partial charge in [0, 0.05) is 9.61 Å². The summed E-state index contributed by atoms with van der Waals surface area (Å²) in [6.07, 6.45) is 2.31. The fourth-order valence-electron chi connectivity index (χ4n) is 1.75. The van der Waals surface area contributed by atoms with Crippen LogP contribution < -0.4 is 5.73 Å². The van der Waals surface area contributed by atoms with Gasteiger partial charge in [0.05, 0.1) is 0 Å². The van der Waals surface area contributed by atoms with Crippen molar-refractivity contribution in [3.63, 3.8) is 0 Å². The van der Waals surface area contributed by atoms with Gasteiger partial charge in [-0.3, -0.25) is 0 Å². The molecule has 0 saturated carbocycles. The lowest BCUT2D eigenvalue weighted by Crippen LogP contribution is -2.20. The fraction of sp³-hybridized carbons (Fsp3) is 0.500. The van der Waals surface area contributed by atoms with E-state index in [0.29, 0.717) is 5.92 Å². The van der Waals surface area contributed by atoms with E-state index in [1.807, 2.05) is 0 Å². The summed E-state index contributed by atoms with van der Waals surface area (Å²) in [5, 5.41) is 0. The van der Waals surface area contributed by atoms with Gasteiger partial charge >= 0.3 is 0 Å². The predicted octanol–water partition coefficient (Wildman–Crippen LogP) is 3.73. The molecule has 1 unspecified atom stereocenters. The summed E-state index contributed by atoms with van der Waals surface area (Å²) in [4.78, 5) is 0. The molecule has 1 nitrogen and oxygen atoms in total. The Kier molecular flexibility index (Phi) is 4.89. The lowest BCUT2D eigenvalue weighted by molar-refractivity contribution is 0.405. The van der Waals surface area contributed by atoms with E-state index in [1.54, 1.807) is 0 Å². The van der Waals surface area contributed by atoms with Crippen LogP contribution in [0.3, 0.4) is 0 Å². The van der Waals surface area contributed by atoms with Crippen molar-refractivity contribution in [2.45, 2.75) is 32.7 Å². The average Bonchev–Trinajstić information content (AvgIpc) is 2.20. The number of benzene rings is 1. The maximum atomic E-state index is 6.21. The predicted molar refractivity (Wildman–Crippen MR) is 70.2 cm³/mol. The molecule has 1 aromatic rings. The molecule has 2 heteroatoms. The van der Waals surface area contributed by atoms with Crippen molar-refractivity contribution in [3.8, 4) is 0 Å². The Morgan fingerprint density at radius 2 is 1.64 bits per heavy atom. The molecule has 14 heavy (non-hydrogen) atoms. The van der Waals surface area contributed by atoms with Gasteiger partial charge in [-0.1, -0.05) is 38.8 Å². The second kappa shape index (κ2) is 5.71. The minimum Gasteiger partial charge on any atom is -0.324 e. The van der Waals surface area contributed by atoms with Crippen LogP contribution in [-0.4, -0.2) is 0 Å². The number of nitrogens with two attached hydrogens (primary N) is 1. The van der Waals surface area contributed by atoms with Gasteiger partial charge in [-0.2, -0.15) is 0 Å². The highest BCUT2D eigenvalue weighted by Gasteiger charge is 2.15. The first-order chi connectivity index (χ1) is 6.69. The molecule has 78 valence electrons. The molecule has 0 aliphatic heterocycles. The van der Waals surface area contributed by atoms with Gasteiger partial charge in [0.25, 0.3) is 0 Å². The average molecular weight is 303 g/mol. The van der Waals surface area contributed by atoms with Gasteiger partial charge in [-0.05, 0) is 46.2 Å². The first-order valence-electron chi connectivity index (χ1n) is 5.20. The third-order valence-electron chi connectivity index (χ3n) is 2.81. The Labute approximate surface area is 100 Å². The van der Waals surface area contributed by atoms with Crippen molar-refractivity contribution in [1.82, 2.24) is 0 Å². The molecule has 0 aliphatic carbocycles. The van der Waals surface area contributed by atoms with Crippen LogP contribution in [0.2, 0.25) is 0 Å². The molecule has 1 aromatic carbocycles. The van der Waals surface area contributed by atoms with E-state index in [1.165, 1.54) is 9.13 Å². The Balaban J connectivity index is 2.77. The Morgan fingerprint density at radius 3 is 2.07 bits per heavy atom. The van der Waals surface area contributed by atoms with E-state index in [2.05, 4.69) is 60.7 Å². The smallest absolute Gasteiger partial charge is 0.0323 e. The fourth-order valence-corrected chi connectivity index (χ4v) is 2.11. The first kappa shape index (κ1) is 12.0. The Bertz CT molecular complexity index is 264. The zero-order chi connectivity index (χ0) is 10.6. The normalized spacial score (nSPS) is 13.2.